The quantitative estimate of drug-likeness (QED) is 0.823. The van der Waals surface area contributed by atoms with Gasteiger partial charge >= 0.3 is 0 Å². The summed E-state index contributed by atoms with van der Waals surface area (Å²) in [5.74, 6) is 4.01. The molecule has 0 fully saturated rings. The van der Waals surface area contributed by atoms with E-state index < -0.39 is 5.82 Å². The molecule has 2 aromatic rings. The lowest BCUT2D eigenvalue weighted by molar-refractivity contribution is 0.102. The van der Waals surface area contributed by atoms with Crippen molar-refractivity contribution in [1.82, 2.24) is 0 Å². The lowest BCUT2D eigenvalue weighted by atomic mass is 10.1. The van der Waals surface area contributed by atoms with Crippen molar-refractivity contribution >= 4 is 11.6 Å². The highest BCUT2D eigenvalue weighted by atomic mass is 19.1. The van der Waals surface area contributed by atoms with Gasteiger partial charge in [0.2, 0.25) is 0 Å². The van der Waals surface area contributed by atoms with Crippen molar-refractivity contribution < 1.29 is 14.3 Å². The molecule has 0 aliphatic heterocycles. The first-order valence-electron chi connectivity index (χ1n) is 5.96. The number of carbonyl (C=O) groups excluding carboxylic acids is 1. The molecule has 2 N–H and O–H groups in total. The first kappa shape index (κ1) is 13.8. The van der Waals surface area contributed by atoms with Crippen LogP contribution in [0.3, 0.4) is 0 Å². The monoisotopic (exact) mass is 269 g/mol. The van der Waals surface area contributed by atoms with Crippen LogP contribution >= 0.6 is 0 Å². The van der Waals surface area contributed by atoms with Gasteiger partial charge < -0.3 is 10.4 Å². The highest BCUT2D eigenvalue weighted by Gasteiger charge is 2.07. The second-order valence-corrected chi connectivity index (χ2v) is 3.97. The molecule has 0 saturated heterocycles. The third kappa shape index (κ3) is 3.44. The van der Waals surface area contributed by atoms with E-state index in [2.05, 4.69) is 17.2 Å². The van der Waals surface area contributed by atoms with Crippen LogP contribution in [0.25, 0.3) is 0 Å². The van der Waals surface area contributed by atoms with Crippen LogP contribution in [0, 0.1) is 17.7 Å². The molecule has 0 bridgehead atoms. The Morgan fingerprint density at radius 2 is 1.95 bits per heavy atom. The molecule has 0 spiro atoms. The van der Waals surface area contributed by atoms with E-state index in [9.17, 15) is 9.18 Å². The van der Waals surface area contributed by atoms with Crippen molar-refractivity contribution in [3.63, 3.8) is 0 Å². The molecular weight excluding hydrogens is 257 g/mol. The zero-order valence-electron chi connectivity index (χ0n) is 10.6. The van der Waals surface area contributed by atoms with Crippen LogP contribution in [0.2, 0.25) is 0 Å². The second-order valence-electron chi connectivity index (χ2n) is 3.97. The van der Waals surface area contributed by atoms with E-state index in [0.717, 1.165) is 0 Å². The largest absolute Gasteiger partial charge is 0.384 e. The summed E-state index contributed by atoms with van der Waals surface area (Å²) in [6.45, 7) is -0.327. The van der Waals surface area contributed by atoms with Gasteiger partial charge in [-0.3, -0.25) is 4.79 Å². The zero-order chi connectivity index (χ0) is 14.4. The summed E-state index contributed by atoms with van der Waals surface area (Å²) in [5.41, 5.74) is 1.03. The van der Waals surface area contributed by atoms with Crippen molar-refractivity contribution in [2.24, 2.45) is 0 Å². The Hall–Kier alpha value is -2.64. The smallest absolute Gasteiger partial charge is 0.255 e. The van der Waals surface area contributed by atoms with Crippen LogP contribution in [-0.4, -0.2) is 17.6 Å². The summed E-state index contributed by atoms with van der Waals surface area (Å²) in [4.78, 5) is 11.9. The van der Waals surface area contributed by atoms with Crippen LogP contribution in [0.5, 0.6) is 0 Å². The zero-order valence-corrected chi connectivity index (χ0v) is 10.6. The Kier molecular flexibility index (Phi) is 4.48. The van der Waals surface area contributed by atoms with Gasteiger partial charge in [-0.15, -0.1) is 0 Å². The number of benzene rings is 2. The Bertz CT molecular complexity index is 672. The van der Waals surface area contributed by atoms with E-state index >= 15 is 0 Å². The minimum Gasteiger partial charge on any atom is -0.384 e. The molecule has 0 radical (unpaired) electrons. The lowest BCUT2D eigenvalue weighted by Crippen LogP contribution is -2.11. The van der Waals surface area contributed by atoms with Crippen molar-refractivity contribution in [1.29, 1.82) is 0 Å². The molecule has 2 aromatic carbocycles. The third-order valence-electron chi connectivity index (χ3n) is 2.57. The van der Waals surface area contributed by atoms with Crippen molar-refractivity contribution in [3.05, 3.63) is 65.5 Å². The van der Waals surface area contributed by atoms with Gasteiger partial charge in [0, 0.05) is 11.3 Å². The fourth-order valence-electron chi connectivity index (χ4n) is 1.62. The second kappa shape index (κ2) is 6.50. The van der Waals surface area contributed by atoms with E-state index in [1.807, 2.05) is 6.07 Å². The van der Waals surface area contributed by atoms with Gasteiger partial charge in [0.05, 0.1) is 5.56 Å². The van der Waals surface area contributed by atoms with Gasteiger partial charge in [-0.2, -0.15) is 0 Å². The molecule has 0 aliphatic rings. The molecule has 20 heavy (non-hydrogen) atoms. The number of rotatable bonds is 2. The summed E-state index contributed by atoms with van der Waals surface area (Å²) in [5, 5.41) is 11.2. The minimum atomic E-state index is -0.545. The first-order valence-corrected chi connectivity index (χ1v) is 5.96. The van der Waals surface area contributed by atoms with Crippen LogP contribution in [0.1, 0.15) is 15.9 Å². The molecule has 0 aliphatic carbocycles. The maximum absolute atomic E-state index is 13.7. The number of aliphatic hydroxyl groups excluding tert-OH is 1. The molecule has 1 amide bonds. The highest BCUT2D eigenvalue weighted by molar-refractivity contribution is 6.04. The molecular formula is C16H12FNO2. The summed E-state index contributed by atoms with van der Waals surface area (Å²) in [7, 11) is 0. The number of hydrogen-bond acceptors (Lipinski definition) is 2. The summed E-state index contributed by atoms with van der Waals surface area (Å²) in [6.07, 6.45) is 0. The molecule has 0 heterocycles. The highest BCUT2D eigenvalue weighted by Crippen LogP contribution is 2.15. The van der Waals surface area contributed by atoms with Crippen molar-refractivity contribution in [2.75, 3.05) is 11.9 Å². The van der Waals surface area contributed by atoms with E-state index in [1.54, 1.807) is 30.3 Å². The normalized spacial score (nSPS) is 9.50. The maximum Gasteiger partial charge on any atom is 0.255 e. The van der Waals surface area contributed by atoms with Crippen LogP contribution in [0.4, 0.5) is 10.1 Å². The lowest BCUT2D eigenvalue weighted by Gasteiger charge is -2.06. The van der Waals surface area contributed by atoms with Crippen LogP contribution in [0.15, 0.2) is 48.5 Å². The van der Waals surface area contributed by atoms with Gasteiger partial charge in [-0.1, -0.05) is 30.0 Å². The van der Waals surface area contributed by atoms with Crippen LogP contribution < -0.4 is 5.32 Å². The number of anilines is 1. The molecule has 0 atom stereocenters. The third-order valence-corrected chi connectivity index (χ3v) is 2.57. The topological polar surface area (TPSA) is 49.3 Å². The molecule has 2 rings (SSSR count). The van der Waals surface area contributed by atoms with Crippen LogP contribution in [-0.2, 0) is 0 Å². The Balaban J connectivity index is 2.15. The number of amides is 1. The van der Waals surface area contributed by atoms with E-state index in [1.165, 1.54) is 12.1 Å². The van der Waals surface area contributed by atoms with Gasteiger partial charge in [-0.05, 0) is 30.3 Å². The molecule has 3 nitrogen and oxygen atoms in total. The van der Waals surface area contributed by atoms with Crippen molar-refractivity contribution in [2.45, 2.75) is 0 Å². The first-order chi connectivity index (χ1) is 9.70. The standard InChI is InChI=1S/C16H12FNO2/c17-15-11-14(9-8-12(15)7-4-10-19)18-16(20)13-5-2-1-3-6-13/h1-3,5-6,8-9,11,19H,10H2,(H,18,20). The maximum atomic E-state index is 13.7. The Morgan fingerprint density at radius 1 is 1.20 bits per heavy atom. The molecule has 0 unspecified atom stereocenters. The molecule has 4 heteroatoms. The fraction of sp³-hybridized carbons (Fsp3) is 0.0625. The Labute approximate surface area is 116 Å². The Morgan fingerprint density at radius 3 is 2.60 bits per heavy atom. The average Bonchev–Trinajstić information content (AvgIpc) is 2.47. The molecule has 0 aromatic heterocycles. The molecule has 100 valence electrons. The van der Waals surface area contributed by atoms with E-state index in [0.29, 0.717) is 11.3 Å². The fourth-order valence-corrected chi connectivity index (χ4v) is 1.62. The van der Waals surface area contributed by atoms with E-state index in [4.69, 9.17) is 5.11 Å². The van der Waals surface area contributed by atoms with Gasteiger partial charge in [0.25, 0.3) is 5.91 Å². The number of aliphatic hydroxyl groups is 1. The number of carbonyl (C=O) groups is 1. The minimum absolute atomic E-state index is 0.178. The number of halogens is 1. The van der Waals surface area contributed by atoms with Crippen molar-refractivity contribution in [3.8, 4) is 11.8 Å². The van der Waals surface area contributed by atoms with Gasteiger partial charge in [0.1, 0.15) is 12.4 Å². The SMILES string of the molecule is O=C(Nc1ccc(C#CCO)c(F)c1)c1ccccc1. The number of nitrogens with one attached hydrogen (secondary N) is 1. The van der Waals surface area contributed by atoms with Gasteiger partial charge in [0.15, 0.2) is 0 Å². The number of hydrogen-bond donors (Lipinski definition) is 2. The predicted molar refractivity (Wildman–Crippen MR) is 74.8 cm³/mol. The summed E-state index contributed by atoms with van der Waals surface area (Å²) >= 11 is 0. The molecule has 0 saturated carbocycles. The summed E-state index contributed by atoms with van der Waals surface area (Å²) in [6, 6.07) is 12.9. The van der Waals surface area contributed by atoms with E-state index in [-0.39, 0.29) is 18.1 Å². The average molecular weight is 269 g/mol. The predicted octanol–water partition coefficient (Wildman–Crippen LogP) is 2.42. The summed E-state index contributed by atoms with van der Waals surface area (Å²) < 4.78 is 13.7. The van der Waals surface area contributed by atoms with Gasteiger partial charge in [-0.25, -0.2) is 4.39 Å².